The van der Waals surface area contributed by atoms with Gasteiger partial charge in [-0.25, -0.2) is 0 Å². The highest BCUT2D eigenvalue weighted by Gasteiger charge is 2.37. The Hall–Kier alpha value is -1.59. The molecule has 1 aromatic carbocycles. The average molecular weight is 279 g/mol. The lowest BCUT2D eigenvalue weighted by Crippen LogP contribution is -2.38. The number of aliphatic hydroxyl groups is 1. The summed E-state index contributed by atoms with van der Waals surface area (Å²) < 4.78 is 10.4. The number of benzene rings is 1. The van der Waals surface area contributed by atoms with Crippen molar-refractivity contribution < 1.29 is 19.4 Å². The molecule has 1 fully saturated rings. The molecule has 1 saturated heterocycles. The van der Waals surface area contributed by atoms with Crippen LogP contribution in [0.5, 0.6) is 5.75 Å². The number of rotatable bonds is 5. The molecule has 0 saturated carbocycles. The Morgan fingerprint density at radius 1 is 1.40 bits per heavy atom. The summed E-state index contributed by atoms with van der Waals surface area (Å²) in [4.78, 5) is 11.4. The van der Waals surface area contributed by atoms with Crippen molar-refractivity contribution in [1.29, 1.82) is 0 Å². The number of esters is 1. The number of carbonyl (C=O) groups excluding carboxylic acids is 1. The fourth-order valence-corrected chi connectivity index (χ4v) is 2.37. The molecule has 0 aromatic heterocycles. The summed E-state index contributed by atoms with van der Waals surface area (Å²) in [7, 11) is 1.63. The van der Waals surface area contributed by atoms with Crippen LogP contribution in [0.2, 0.25) is 0 Å². The van der Waals surface area contributed by atoms with Crippen molar-refractivity contribution >= 4 is 5.97 Å². The summed E-state index contributed by atoms with van der Waals surface area (Å²) in [6, 6.07) is 7.68. The summed E-state index contributed by atoms with van der Waals surface area (Å²) in [6.45, 7) is 2.19. The van der Waals surface area contributed by atoms with Crippen molar-refractivity contribution in [3.8, 4) is 5.75 Å². The Bertz CT molecular complexity index is 446. The van der Waals surface area contributed by atoms with Crippen molar-refractivity contribution in [3.05, 3.63) is 29.8 Å². The molecular formula is C15H21NO4. The van der Waals surface area contributed by atoms with Crippen LogP contribution >= 0.6 is 0 Å². The van der Waals surface area contributed by atoms with Gasteiger partial charge in [-0.3, -0.25) is 4.79 Å². The number of methoxy groups -OCH3 is 1. The largest absolute Gasteiger partial charge is 0.497 e. The topological polar surface area (TPSA) is 67.8 Å². The SMILES string of the molecule is CCC(=O)OC1C(O)CNC1Cc1ccc(OC)cc1. The monoisotopic (exact) mass is 279 g/mol. The summed E-state index contributed by atoms with van der Waals surface area (Å²) in [5, 5.41) is 13.1. The van der Waals surface area contributed by atoms with Crippen LogP contribution in [0.1, 0.15) is 18.9 Å². The maximum atomic E-state index is 11.4. The van der Waals surface area contributed by atoms with E-state index in [9.17, 15) is 9.90 Å². The lowest BCUT2D eigenvalue weighted by atomic mass is 10.0. The molecule has 0 radical (unpaired) electrons. The number of β-amino-alcohol motifs (C(OH)–C–C–N with tert-alkyl or cyclic N) is 1. The van der Waals surface area contributed by atoms with E-state index >= 15 is 0 Å². The van der Waals surface area contributed by atoms with Crippen LogP contribution in [0.4, 0.5) is 0 Å². The van der Waals surface area contributed by atoms with Gasteiger partial charge in [-0.1, -0.05) is 19.1 Å². The smallest absolute Gasteiger partial charge is 0.305 e. The Morgan fingerprint density at radius 3 is 2.70 bits per heavy atom. The molecule has 3 atom stereocenters. The van der Waals surface area contributed by atoms with Crippen molar-refractivity contribution in [2.24, 2.45) is 0 Å². The molecule has 1 aromatic rings. The van der Waals surface area contributed by atoms with Crippen LogP contribution in [-0.4, -0.2) is 43.0 Å². The minimum absolute atomic E-state index is 0.0612. The summed E-state index contributed by atoms with van der Waals surface area (Å²) >= 11 is 0. The van der Waals surface area contributed by atoms with Gasteiger partial charge in [0.05, 0.1) is 13.2 Å². The summed E-state index contributed by atoms with van der Waals surface area (Å²) in [6.07, 6.45) is -0.112. The van der Waals surface area contributed by atoms with E-state index in [1.807, 2.05) is 24.3 Å². The minimum Gasteiger partial charge on any atom is -0.497 e. The van der Waals surface area contributed by atoms with Gasteiger partial charge >= 0.3 is 5.97 Å². The number of ether oxygens (including phenoxy) is 2. The lowest BCUT2D eigenvalue weighted by molar-refractivity contribution is -0.153. The van der Waals surface area contributed by atoms with Gasteiger partial charge in [0, 0.05) is 13.0 Å². The molecule has 20 heavy (non-hydrogen) atoms. The van der Waals surface area contributed by atoms with Gasteiger partial charge in [0.25, 0.3) is 0 Å². The van der Waals surface area contributed by atoms with E-state index in [1.54, 1.807) is 14.0 Å². The molecule has 110 valence electrons. The maximum absolute atomic E-state index is 11.4. The predicted octanol–water partition coefficient (Wildman–Crippen LogP) is 0.892. The van der Waals surface area contributed by atoms with E-state index in [4.69, 9.17) is 9.47 Å². The third kappa shape index (κ3) is 3.49. The fourth-order valence-electron chi connectivity index (χ4n) is 2.37. The van der Waals surface area contributed by atoms with Gasteiger partial charge in [0.1, 0.15) is 18.0 Å². The van der Waals surface area contributed by atoms with Gasteiger partial charge in [-0.15, -0.1) is 0 Å². The zero-order valence-corrected chi connectivity index (χ0v) is 11.8. The number of aliphatic hydroxyl groups excluding tert-OH is 1. The normalized spacial score (nSPS) is 25.4. The molecular weight excluding hydrogens is 258 g/mol. The first-order valence-corrected chi connectivity index (χ1v) is 6.88. The van der Waals surface area contributed by atoms with Crippen molar-refractivity contribution in [3.63, 3.8) is 0 Å². The number of hydrogen-bond acceptors (Lipinski definition) is 5. The van der Waals surface area contributed by atoms with Gasteiger partial charge in [-0.05, 0) is 24.1 Å². The molecule has 5 nitrogen and oxygen atoms in total. The van der Waals surface area contributed by atoms with E-state index in [-0.39, 0.29) is 12.0 Å². The molecule has 0 spiro atoms. The van der Waals surface area contributed by atoms with Crippen LogP contribution in [0.3, 0.4) is 0 Å². The summed E-state index contributed by atoms with van der Waals surface area (Å²) in [5.74, 6) is 0.527. The number of hydrogen-bond donors (Lipinski definition) is 2. The average Bonchev–Trinajstić information content (AvgIpc) is 2.81. The Labute approximate surface area is 118 Å². The van der Waals surface area contributed by atoms with Gasteiger partial charge < -0.3 is 19.9 Å². The van der Waals surface area contributed by atoms with Crippen LogP contribution in [0.15, 0.2) is 24.3 Å². The van der Waals surface area contributed by atoms with Crippen molar-refractivity contribution in [2.75, 3.05) is 13.7 Å². The molecule has 0 aliphatic carbocycles. The van der Waals surface area contributed by atoms with E-state index in [0.717, 1.165) is 11.3 Å². The van der Waals surface area contributed by atoms with Gasteiger partial charge in [0.2, 0.25) is 0 Å². The maximum Gasteiger partial charge on any atom is 0.305 e. The minimum atomic E-state index is -0.645. The van der Waals surface area contributed by atoms with Gasteiger partial charge in [0.15, 0.2) is 0 Å². The molecule has 5 heteroatoms. The molecule has 2 rings (SSSR count). The third-order valence-corrected chi connectivity index (χ3v) is 3.54. The van der Waals surface area contributed by atoms with Crippen LogP contribution < -0.4 is 10.1 Å². The first kappa shape index (κ1) is 14.8. The zero-order chi connectivity index (χ0) is 14.5. The third-order valence-electron chi connectivity index (χ3n) is 3.54. The van der Waals surface area contributed by atoms with Crippen LogP contribution in [-0.2, 0) is 16.0 Å². The number of carbonyl (C=O) groups is 1. The van der Waals surface area contributed by atoms with Crippen molar-refractivity contribution in [1.82, 2.24) is 5.32 Å². The van der Waals surface area contributed by atoms with Gasteiger partial charge in [-0.2, -0.15) is 0 Å². The number of nitrogens with one attached hydrogen (secondary N) is 1. The Morgan fingerprint density at radius 2 is 2.10 bits per heavy atom. The van der Waals surface area contributed by atoms with E-state index < -0.39 is 12.2 Å². The van der Waals surface area contributed by atoms with Crippen molar-refractivity contribution in [2.45, 2.75) is 38.0 Å². The Kier molecular flexibility index (Phi) is 4.98. The first-order valence-electron chi connectivity index (χ1n) is 6.88. The molecule has 0 amide bonds. The second-order valence-electron chi connectivity index (χ2n) is 4.94. The lowest BCUT2D eigenvalue weighted by Gasteiger charge is -2.21. The summed E-state index contributed by atoms with van der Waals surface area (Å²) in [5.41, 5.74) is 1.11. The van der Waals surface area contributed by atoms with E-state index in [2.05, 4.69) is 5.32 Å². The molecule has 0 bridgehead atoms. The quantitative estimate of drug-likeness (QED) is 0.784. The molecule has 1 aliphatic rings. The van der Waals surface area contributed by atoms with Crippen LogP contribution in [0.25, 0.3) is 0 Å². The second kappa shape index (κ2) is 6.72. The zero-order valence-electron chi connectivity index (χ0n) is 11.8. The molecule has 1 heterocycles. The van der Waals surface area contributed by atoms with E-state index in [1.165, 1.54) is 0 Å². The highest BCUT2D eigenvalue weighted by Crippen LogP contribution is 2.19. The molecule has 2 N–H and O–H groups in total. The standard InChI is InChI=1S/C15H21NO4/c1-3-14(18)20-15-12(16-9-13(15)17)8-10-4-6-11(19-2)7-5-10/h4-7,12-13,15-17H,3,8-9H2,1-2H3. The van der Waals surface area contributed by atoms with E-state index in [0.29, 0.717) is 19.4 Å². The predicted molar refractivity (Wildman–Crippen MR) is 74.7 cm³/mol. The Balaban J connectivity index is 2.00. The fraction of sp³-hybridized carbons (Fsp3) is 0.533. The second-order valence-corrected chi connectivity index (χ2v) is 4.94. The molecule has 1 aliphatic heterocycles. The van der Waals surface area contributed by atoms with Crippen LogP contribution in [0, 0.1) is 0 Å². The first-order chi connectivity index (χ1) is 9.63. The molecule has 3 unspecified atom stereocenters. The highest BCUT2D eigenvalue weighted by molar-refractivity contribution is 5.69. The highest BCUT2D eigenvalue weighted by atomic mass is 16.6.